The molecule has 0 heterocycles. The molecular formula is C30H57N3O. The van der Waals surface area contributed by atoms with Crippen molar-refractivity contribution in [1.82, 2.24) is 5.32 Å². The summed E-state index contributed by atoms with van der Waals surface area (Å²) in [5.41, 5.74) is 13.3. The second-order valence-electron chi connectivity index (χ2n) is 14.2. The molecule has 0 spiro atoms. The number of nitrogens with two attached hydrogens (primary N) is 2. The highest BCUT2D eigenvalue weighted by Gasteiger charge is 2.66. The van der Waals surface area contributed by atoms with E-state index in [-0.39, 0.29) is 17.1 Å². The van der Waals surface area contributed by atoms with Gasteiger partial charge in [0, 0.05) is 11.6 Å². The van der Waals surface area contributed by atoms with Crippen LogP contribution in [0.2, 0.25) is 0 Å². The van der Waals surface area contributed by atoms with Gasteiger partial charge in [0.05, 0.1) is 6.10 Å². The van der Waals surface area contributed by atoms with Gasteiger partial charge in [0.2, 0.25) is 0 Å². The van der Waals surface area contributed by atoms with Crippen molar-refractivity contribution in [3.05, 3.63) is 0 Å². The van der Waals surface area contributed by atoms with Gasteiger partial charge in [0.15, 0.2) is 0 Å². The van der Waals surface area contributed by atoms with Crippen LogP contribution in [-0.4, -0.2) is 35.9 Å². The highest BCUT2D eigenvalue weighted by atomic mass is 16.3. The lowest BCUT2D eigenvalue weighted by atomic mass is 9.41. The largest absolute Gasteiger partial charge is 0.393 e. The van der Waals surface area contributed by atoms with Gasteiger partial charge in [0.1, 0.15) is 0 Å². The number of aliphatic hydroxyl groups is 1. The third kappa shape index (κ3) is 4.63. The molecule has 4 heteroatoms. The standard InChI is InChI=1S/C30H57N3O/c1-20(2)8-6-9-21(3)23-10-11-24-27-25(13-14-28(23,24)4)29(5)15-12-22(33-17-7-16-31)18-30(29,32)19-26(27)34/h20-27,33-34H,6-19,31-32H2,1-5H3/t21-,22?,23-,24?,25?,26-,27?,28-,29-,30+/m1/s1. The minimum Gasteiger partial charge on any atom is -0.393 e. The normalized spacial score (nSPS) is 47.2. The zero-order valence-corrected chi connectivity index (χ0v) is 23.1. The van der Waals surface area contributed by atoms with E-state index in [1.807, 2.05) is 0 Å². The van der Waals surface area contributed by atoms with Gasteiger partial charge in [-0.1, -0.05) is 53.9 Å². The monoisotopic (exact) mass is 475 g/mol. The first kappa shape index (κ1) is 26.9. The molecule has 6 N–H and O–H groups in total. The fourth-order valence-electron chi connectivity index (χ4n) is 9.96. The lowest BCUT2D eigenvalue weighted by Gasteiger charge is -2.66. The van der Waals surface area contributed by atoms with Crippen LogP contribution in [0.5, 0.6) is 0 Å². The smallest absolute Gasteiger partial charge is 0.0591 e. The molecule has 0 saturated heterocycles. The van der Waals surface area contributed by atoms with E-state index in [0.29, 0.717) is 29.2 Å². The summed E-state index contributed by atoms with van der Waals surface area (Å²) in [5, 5.41) is 15.4. The molecule has 4 aliphatic rings. The van der Waals surface area contributed by atoms with Crippen LogP contribution in [0.25, 0.3) is 0 Å². The Labute approximate surface area is 210 Å². The topological polar surface area (TPSA) is 84.3 Å². The maximum atomic E-state index is 11.7. The molecule has 34 heavy (non-hydrogen) atoms. The quantitative estimate of drug-likeness (QED) is 0.333. The third-order valence-electron chi connectivity index (χ3n) is 11.9. The molecule has 0 aliphatic heterocycles. The van der Waals surface area contributed by atoms with Crippen molar-refractivity contribution in [1.29, 1.82) is 0 Å². The van der Waals surface area contributed by atoms with E-state index < -0.39 is 0 Å². The van der Waals surface area contributed by atoms with Crippen LogP contribution in [0.1, 0.15) is 112 Å². The Morgan fingerprint density at radius 2 is 1.71 bits per heavy atom. The fraction of sp³-hybridized carbons (Fsp3) is 1.00. The van der Waals surface area contributed by atoms with Crippen molar-refractivity contribution < 1.29 is 5.11 Å². The molecule has 4 rings (SSSR count). The van der Waals surface area contributed by atoms with Crippen LogP contribution in [-0.2, 0) is 0 Å². The molecule has 4 aliphatic carbocycles. The summed E-state index contributed by atoms with van der Waals surface area (Å²) in [7, 11) is 0. The van der Waals surface area contributed by atoms with Gasteiger partial charge in [0.25, 0.3) is 0 Å². The van der Waals surface area contributed by atoms with E-state index in [1.54, 1.807) is 0 Å². The van der Waals surface area contributed by atoms with Crippen LogP contribution >= 0.6 is 0 Å². The number of rotatable bonds is 9. The van der Waals surface area contributed by atoms with Crippen molar-refractivity contribution in [2.24, 2.45) is 57.8 Å². The van der Waals surface area contributed by atoms with Crippen molar-refractivity contribution >= 4 is 0 Å². The van der Waals surface area contributed by atoms with Gasteiger partial charge in [-0.2, -0.15) is 0 Å². The van der Waals surface area contributed by atoms with Crippen LogP contribution in [0, 0.1) is 46.3 Å². The summed E-state index contributed by atoms with van der Waals surface area (Å²) in [6, 6.07) is 0.477. The Morgan fingerprint density at radius 1 is 0.941 bits per heavy atom. The Morgan fingerprint density at radius 3 is 2.41 bits per heavy atom. The van der Waals surface area contributed by atoms with Crippen molar-refractivity contribution in [3.8, 4) is 0 Å². The fourth-order valence-corrected chi connectivity index (χ4v) is 9.96. The number of nitrogens with one attached hydrogen (secondary N) is 1. The van der Waals surface area contributed by atoms with Crippen LogP contribution in [0.15, 0.2) is 0 Å². The average molecular weight is 476 g/mol. The highest BCUT2D eigenvalue weighted by molar-refractivity contribution is 5.18. The first-order valence-electron chi connectivity index (χ1n) is 15.0. The molecule has 0 bridgehead atoms. The summed E-state index contributed by atoms with van der Waals surface area (Å²) in [6.45, 7) is 14.1. The van der Waals surface area contributed by atoms with E-state index in [9.17, 15) is 5.11 Å². The van der Waals surface area contributed by atoms with Gasteiger partial charge in [-0.05, 0) is 117 Å². The van der Waals surface area contributed by atoms with Gasteiger partial charge >= 0.3 is 0 Å². The summed E-state index contributed by atoms with van der Waals surface area (Å²) < 4.78 is 0. The number of hydrogen-bond donors (Lipinski definition) is 4. The minimum atomic E-state index is -0.248. The van der Waals surface area contributed by atoms with Crippen molar-refractivity contribution in [2.45, 2.75) is 129 Å². The van der Waals surface area contributed by atoms with Crippen molar-refractivity contribution in [3.63, 3.8) is 0 Å². The van der Waals surface area contributed by atoms with Gasteiger partial charge in [-0.3, -0.25) is 0 Å². The average Bonchev–Trinajstić information content (AvgIpc) is 3.12. The van der Waals surface area contributed by atoms with Gasteiger partial charge in [-0.15, -0.1) is 0 Å². The Balaban J connectivity index is 1.48. The van der Waals surface area contributed by atoms with E-state index >= 15 is 0 Å². The molecule has 0 aromatic carbocycles. The SMILES string of the molecule is CC(C)CCC[C@@H](C)[C@H]1CCC2C3C(CC[C@@]21C)[C@@]1(C)CCC(NCCCN)C[C@]1(N)C[C@H]3O. The Hall–Kier alpha value is -0.160. The van der Waals surface area contributed by atoms with Crippen molar-refractivity contribution in [2.75, 3.05) is 13.1 Å². The highest BCUT2D eigenvalue weighted by Crippen LogP contribution is 2.68. The van der Waals surface area contributed by atoms with E-state index in [2.05, 4.69) is 39.9 Å². The molecule has 198 valence electrons. The summed E-state index contributed by atoms with van der Waals surface area (Å²) in [5.74, 6) is 4.17. The zero-order valence-electron chi connectivity index (χ0n) is 23.1. The third-order valence-corrected chi connectivity index (χ3v) is 11.9. The zero-order chi connectivity index (χ0) is 24.7. The number of fused-ring (bicyclic) bond motifs is 5. The molecule has 4 nitrogen and oxygen atoms in total. The molecule has 4 saturated carbocycles. The van der Waals surface area contributed by atoms with Gasteiger partial charge in [-0.25, -0.2) is 0 Å². The van der Waals surface area contributed by atoms with E-state index in [0.717, 1.165) is 50.1 Å². The maximum absolute atomic E-state index is 11.7. The number of hydrogen-bond acceptors (Lipinski definition) is 4. The molecule has 0 radical (unpaired) electrons. The summed E-state index contributed by atoms with van der Waals surface area (Å²) in [6.07, 6.45) is 14.4. The number of aliphatic hydroxyl groups excluding tert-OH is 1. The van der Waals surface area contributed by atoms with E-state index in [4.69, 9.17) is 11.5 Å². The maximum Gasteiger partial charge on any atom is 0.0591 e. The molecule has 0 aromatic heterocycles. The lowest BCUT2D eigenvalue weighted by molar-refractivity contribution is -0.175. The second-order valence-corrected chi connectivity index (χ2v) is 14.2. The summed E-state index contributed by atoms with van der Waals surface area (Å²) >= 11 is 0. The first-order valence-corrected chi connectivity index (χ1v) is 15.0. The minimum absolute atomic E-state index is 0.158. The molecular weight excluding hydrogens is 418 g/mol. The van der Waals surface area contributed by atoms with E-state index in [1.165, 1.54) is 57.8 Å². The summed E-state index contributed by atoms with van der Waals surface area (Å²) in [4.78, 5) is 0. The second kappa shape index (κ2) is 10.3. The first-order chi connectivity index (χ1) is 16.1. The molecule has 4 unspecified atom stereocenters. The predicted molar refractivity (Wildman–Crippen MR) is 143 cm³/mol. The van der Waals surface area contributed by atoms with Gasteiger partial charge < -0.3 is 21.9 Å². The lowest BCUT2D eigenvalue weighted by Crippen LogP contribution is -2.71. The molecule has 10 atom stereocenters. The molecule has 4 fully saturated rings. The molecule has 0 aromatic rings. The van der Waals surface area contributed by atoms with Crippen LogP contribution in [0.3, 0.4) is 0 Å². The van der Waals surface area contributed by atoms with Crippen LogP contribution < -0.4 is 16.8 Å². The Bertz CT molecular complexity index is 684. The predicted octanol–water partition coefficient (Wildman–Crippen LogP) is 5.47. The van der Waals surface area contributed by atoms with Crippen LogP contribution in [0.4, 0.5) is 0 Å². The Kier molecular flexibility index (Phi) is 8.15. The molecule has 0 amide bonds.